The van der Waals surface area contributed by atoms with Gasteiger partial charge in [0.2, 0.25) is 0 Å². The molecule has 0 bridgehead atoms. The Morgan fingerprint density at radius 1 is 1.47 bits per heavy atom. The van der Waals surface area contributed by atoms with Gasteiger partial charge in [0.25, 0.3) is 0 Å². The first kappa shape index (κ1) is 11.5. The van der Waals surface area contributed by atoms with Gasteiger partial charge in [0.05, 0.1) is 12.9 Å². The van der Waals surface area contributed by atoms with Crippen molar-refractivity contribution in [1.29, 1.82) is 0 Å². The number of hydrogen-bond donors (Lipinski definition) is 1. The van der Waals surface area contributed by atoms with Crippen molar-refractivity contribution in [2.75, 3.05) is 6.61 Å². The minimum atomic E-state index is -0.500. The molecule has 1 aliphatic carbocycles. The van der Waals surface area contributed by atoms with E-state index in [2.05, 4.69) is 0 Å². The predicted octanol–water partition coefficient (Wildman–Crippen LogP) is 1.67. The highest BCUT2D eigenvalue weighted by Gasteiger charge is 2.21. The van der Waals surface area contributed by atoms with Gasteiger partial charge in [0, 0.05) is 17.2 Å². The molecule has 0 aromatic rings. The second-order valence-electron chi connectivity index (χ2n) is 3.26. The fourth-order valence-electron chi connectivity index (χ4n) is 1.49. The maximum atomic E-state index is 11.6. The maximum Gasteiger partial charge on any atom is 0.331 e. The van der Waals surface area contributed by atoms with Crippen LogP contribution in [-0.2, 0) is 14.3 Å². The molecule has 0 amide bonds. The molecule has 0 aromatic carbocycles. The zero-order valence-corrected chi connectivity index (χ0v) is 8.66. The fourth-order valence-corrected chi connectivity index (χ4v) is 1.49. The number of hydrogen-bond acceptors (Lipinski definition) is 4. The predicted molar refractivity (Wildman–Crippen MR) is 54.3 cm³/mol. The molecule has 0 atom stereocenters. The minimum Gasteiger partial charge on any atom is -0.515 e. The molecule has 0 unspecified atom stereocenters. The normalized spacial score (nSPS) is 22.1. The number of ether oxygens (including phenoxy) is 1. The van der Waals surface area contributed by atoms with E-state index in [9.17, 15) is 9.59 Å². The Balaban J connectivity index is 2.77. The molecule has 4 nitrogen and oxygen atoms in total. The third kappa shape index (κ3) is 2.94. The van der Waals surface area contributed by atoms with Crippen LogP contribution in [0, 0.1) is 0 Å². The number of rotatable bonds is 2. The van der Waals surface area contributed by atoms with Gasteiger partial charge >= 0.3 is 5.97 Å². The van der Waals surface area contributed by atoms with Gasteiger partial charge in [-0.25, -0.2) is 4.79 Å². The first-order valence-electron chi connectivity index (χ1n) is 4.94. The summed E-state index contributed by atoms with van der Waals surface area (Å²) in [5.74, 6) is -0.753. The van der Waals surface area contributed by atoms with Crippen molar-refractivity contribution in [3.8, 4) is 0 Å². The van der Waals surface area contributed by atoms with E-state index in [1.165, 1.54) is 6.08 Å². The molecule has 82 valence electrons. The van der Waals surface area contributed by atoms with Gasteiger partial charge in [-0.1, -0.05) is 0 Å². The molecular weight excluding hydrogens is 196 g/mol. The van der Waals surface area contributed by atoms with Gasteiger partial charge in [-0.05, 0) is 26.2 Å². The third-order valence-corrected chi connectivity index (χ3v) is 2.21. The highest BCUT2D eigenvalue weighted by atomic mass is 16.5. The van der Waals surface area contributed by atoms with Crippen LogP contribution in [0.15, 0.2) is 23.5 Å². The quantitative estimate of drug-likeness (QED) is 0.428. The first-order valence-corrected chi connectivity index (χ1v) is 4.94. The molecule has 1 rings (SSSR count). The summed E-state index contributed by atoms with van der Waals surface area (Å²) in [6.45, 7) is 2.00. The molecule has 1 N–H and O–H groups in total. The summed E-state index contributed by atoms with van der Waals surface area (Å²) in [4.78, 5) is 22.7. The molecule has 0 saturated heterocycles. The first-order chi connectivity index (χ1) is 7.19. The molecular formula is C11H14O4. The largest absolute Gasteiger partial charge is 0.515 e. The van der Waals surface area contributed by atoms with Crippen molar-refractivity contribution in [3.63, 3.8) is 0 Å². The zero-order chi connectivity index (χ0) is 11.3. The van der Waals surface area contributed by atoms with E-state index in [0.717, 1.165) is 12.7 Å². The number of aliphatic hydroxyl groups is 1. The van der Waals surface area contributed by atoms with Crippen LogP contribution in [-0.4, -0.2) is 23.5 Å². The lowest BCUT2D eigenvalue weighted by Crippen LogP contribution is -2.14. The Kier molecular flexibility index (Phi) is 4.09. The summed E-state index contributed by atoms with van der Waals surface area (Å²) < 4.78 is 4.71. The third-order valence-electron chi connectivity index (χ3n) is 2.21. The summed E-state index contributed by atoms with van der Waals surface area (Å²) in [6, 6.07) is 0. The van der Waals surface area contributed by atoms with Crippen LogP contribution in [0.4, 0.5) is 0 Å². The minimum absolute atomic E-state index is 0.253. The number of carbonyl (C=O) groups excluding carboxylic acids is 2. The van der Waals surface area contributed by atoms with E-state index in [4.69, 9.17) is 9.84 Å². The van der Waals surface area contributed by atoms with Gasteiger partial charge < -0.3 is 9.84 Å². The lowest BCUT2D eigenvalue weighted by Gasteiger charge is -2.14. The average Bonchev–Trinajstić information content (AvgIpc) is 2.21. The van der Waals surface area contributed by atoms with Crippen molar-refractivity contribution in [2.45, 2.75) is 26.2 Å². The standard InChI is InChI=1S/C11H14O4/c1-2-15-10(13)6-8-4-3-5-9(7-12)11(8)14/h6-7,12H,2-5H2,1H3/b8-6+,9-7+. The molecule has 15 heavy (non-hydrogen) atoms. The molecule has 0 spiro atoms. The second kappa shape index (κ2) is 5.34. The Hall–Kier alpha value is -1.58. The number of esters is 1. The average molecular weight is 210 g/mol. The highest BCUT2D eigenvalue weighted by molar-refractivity contribution is 6.11. The molecule has 1 aliphatic rings. The van der Waals surface area contributed by atoms with E-state index in [1.54, 1.807) is 6.92 Å². The molecule has 0 aromatic heterocycles. The van der Waals surface area contributed by atoms with Gasteiger partial charge in [-0.3, -0.25) is 4.79 Å². The van der Waals surface area contributed by atoms with Gasteiger partial charge in [0.15, 0.2) is 5.78 Å². The van der Waals surface area contributed by atoms with E-state index in [-0.39, 0.29) is 5.78 Å². The molecule has 0 aliphatic heterocycles. The zero-order valence-electron chi connectivity index (χ0n) is 8.66. The molecule has 0 radical (unpaired) electrons. The SMILES string of the molecule is CCOC(=O)/C=C1\CCC/C(=C\O)C1=O. The second-order valence-corrected chi connectivity index (χ2v) is 3.26. The van der Waals surface area contributed by atoms with Crippen LogP contribution in [0.3, 0.4) is 0 Å². The van der Waals surface area contributed by atoms with Crippen LogP contribution in [0.25, 0.3) is 0 Å². The Labute approximate surface area is 88.2 Å². The Morgan fingerprint density at radius 3 is 2.73 bits per heavy atom. The smallest absolute Gasteiger partial charge is 0.331 e. The van der Waals surface area contributed by atoms with Crippen molar-refractivity contribution in [3.05, 3.63) is 23.5 Å². The maximum absolute atomic E-state index is 11.6. The van der Waals surface area contributed by atoms with Crippen molar-refractivity contribution < 1.29 is 19.4 Å². The molecule has 0 heterocycles. The van der Waals surface area contributed by atoms with Crippen molar-refractivity contribution in [1.82, 2.24) is 0 Å². The van der Waals surface area contributed by atoms with E-state index in [1.807, 2.05) is 0 Å². The summed E-state index contributed by atoms with van der Waals surface area (Å²) >= 11 is 0. The van der Waals surface area contributed by atoms with Gasteiger partial charge in [0.1, 0.15) is 0 Å². The topological polar surface area (TPSA) is 63.6 Å². The number of allylic oxidation sites excluding steroid dienone is 2. The summed E-state index contributed by atoms with van der Waals surface area (Å²) in [7, 11) is 0. The van der Waals surface area contributed by atoms with Crippen LogP contribution < -0.4 is 0 Å². The lowest BCUT2D eigenvalue weighted by molar-refractivity contribution is -0.137. The van der Waals surface area contributed by atoms with Crippen molar-refractivity contribution in [2.24, 2.45) is 0 Å². The summed E-state index contributed by atoms with van der Waals surface area (Å²) in [6.07, 6.45) is 3.93. The van der Waals surface area contributed by atoms with Crippen LogP contribution in [0.1, 0.15) is 26.2 Å². The Bertz CT molecular complexity index is 325. The highest BCUT2D eigenvalue weighted by Crippen LogP contribution is 2.24. The summed E-state index contributed by atoms with van der Waals surface area (Å²) in [5.41, 5.74) is 0.775. The number of aliphatic hydroxyl groups excluding tert-OH is 1. The number of Topliss-reactive ketones (excluding diaryl/α,β-unsaturated/α-hetero) is 1. The van der Waals surface area contributed by atoms with Crippen LogP contribution in [0.2, 0.25) is 0 Å². The fraction of sp³-hybridized carbons (Fsp3) is 0.455. The molecule has 1 fully saturated rings. The van der Waals surface area contributed by atoms with E-state index < -0.39 is 5.97 Å². The number of carbonyl (C=O) groups is 2. The van der Waals surface area contributed by atoms with Crippen molar-refractivity contribution >= 4 is 11.8 Å². The molecule has 1 saturated carbocycles. The van der Waals surface area contributed by atoms with E-state index >= 15 is 0 Å². The van der Waals surface area contributed by atoms with Crippen LogP contribution in [0.5, 0.6) is 0 Å². The lowest BCUT2D eigenvalue weighted by atomic mass is 9.89. The van der Waals surface area contributed by atoms with Crippen LogP contribution >= 0.6 is 0 Å². The van der Waals surface area contributed by atoms with Gasteiger partial charge in [-0.2, -0.15) is 0 Å². The number of ketones is 1. The van der Waals surface area contributed by atoms with Gasteiger partial charge in [-0.15, -0.1) is 0 Å². The molecule has 4 heteroatoms. The monoisotopic (exact) mass is 210 g/mol. The van der Waals surface area contributed by atoms with E-state index in [0.29, 0.717) is 30.6 Å². The summed E-state index contributed by atoms with van der Waals surface area (Å²) in [5, 5.41) is 8.79. The Morgan fingerprint density at radius 2 is 2.13 bits per heavy atom.